The number of nitrogens with one attached hydrogen (secondary N) is 3. The molecular formula is C21H31N3O3. The molecule has 6 heteroatoms. The van der Waals surface area contributed by atoms with Crippen molar-refractivity contribution >= 4 is 11.8 Å². The maximum atomic E-state index is 12.8. The molecule has 2 aliphatic rings. The summed E-state index contributed by atoms with van der Waals surface area (Å²) in [7, 11) is 0. The first-order chi connectivity index (χ1) is 13.1. The number of amides is 2. The molecule has 0 unspecified atom stereocenters. The lowest BCUT2D eigenvalue weighted by atomic mass is 9.94. The zero-order chi connectivity index (χ0) is 19.2. The SMILES string of the molecule is CC[C@H](C)[C@H](NC(=O)[C@H]1Cc2ccccc2CN1)C(=O)NC[C@@H]1CCCO1. The molecular weight excluding hydrogens is 342 g/mol. The molecule has 1 saturated heterocycles. The highest BCUT2D eigenvalue weighted by Gasteiger charge is 2.31. The number of fused-ring (bicyclic) bond motifs is 1. The van der Waals surface area contributed by atoms with Crippen LogP contribution in [0, 0.1) is 5.92 Å². The first-order valence-corrected chi connectivity index (χ1v) is 10.1. The van der Waals surface area contributed by atoms with Crippen molar-refractivity contribution < 1.29 is 14.3 Å². The summed E-state index contributed by atoms with van der Waals surface area (Å²) in [6.45, 7) is 5.98. The van der Waals surface area contributed by atoms with Gasteiger partial charge in [0.05, 0.1) is 12.1 Å². The van der Waals surface area contributed by atoms with Crippen LogP contribution in [0.2, 0.25) is 0 Å². The maximum absolute atomic E-state index is 12.8. The number of carbonyl (C=O) groups excluding carboxylic acids is 2. The van der Waals surface area contributed by atoms with Crippen LogP contribution in [-0.2, 0) is 27.3 Å². The van der Waals surface area contributed by atoms with Gasteiger partial charge in [-0.1, -0.05) is 44.5 Å². The van der Waals surface area contributed by atoms with Crippen LogP contribution in [0.1, 0.15) is 44.2 Å². The average Bonchev–Trinajstić information content (AvgIpc) is 3.22. The Morgan fingerprint density at radius 2 is 2.07 bits per heavy atom. The van der Waals surface area contributed by atoms with Gasteiger partial charge in [0.1, 0.15) is 6.04 Å². The van der Waals surface area contributed by atoms with Crippen molar-refractivity contribution in [1.29, 1.82) is 0 Å². The lowest BCUT2D eigenvalue weighted by Gasteiger charge is -2.29. The molecule has 2 aliphatic heterocycles. The third kappa shape index (κ3) is 5.08. The minimum Gasteiger partial charge on any atom is -0.376 e. The molecule has 0 aromatic heterocycles. The van der Waals surface area contributed by atoms with Crippen molar-refractivity contribution in [2.24, 2.45) is 5.92 Å². The lowest BCUT2D eigenvalue weighted by Crippen LogP contribution is -2.56. The van der Waals surface area contributed by atoms with E-state index in [0.717, 1.165) is 25.9 Å². The highest BCUT2D eigenvalue weighted by molar-refractivity contribution is 5.90. The van der Waals surface area contributed by atoms with Crippen molar-refractivity contribution in [2.45, 2.75) is 64.3 Å². The van der Waals surface area contributed by atoms with Gasteiger partial charge < -0.3 is 20.7 Å². The molecule has 1 aromatic rings. The van der Waals surface area contributed by atoms with E-state index in [0.29, 0.717) is 19.5 Å². The molecule has 2 heterocycles. The molecule has 3 rings (SSSR count). The topological polar surface area (TPSA) is 79.5 Å². The van der Waals surface area contributed by atoms with Crippen molar-refractivity contribution in [3.05, 3.63) is 35.4 Å². The predicted octanol–water partition coefficient (Wildman–Crippen LogP) is 1.53. The molecule has 6 nitrogen and oxygen atoms in total. The van der Waals surface area contributed by atoms with E-state index in [4.69, 9.17) is 4.74 Å². The largest absolute Gasteiger partial charge is 0.376 e. The van der Waals surface area contributed by atoms with E-state index in [1.807, 2.05) is 26.0 Å². The first kappa shape index (κ1) is 19.8. The fourth-order valence-electron chi connectivity index (χ4n) is 3.73. The summed E-state index contributed by atoms with van der Waals surface area (Å²) < 4.78 is 5.57. The fraction of sp³-hybridized carbons (Fsp3) is 0.619. The zero-order valence-electron chi connectivity index (χ0n) is 16.3. The van der Waals surface area contributed by atoms with Gasteiger partial charge in [-0.05, 0) is 36.3 Å². The fourth-order valence-corrected chi connectivity index (χ4v) is 3.73. The van der Waals surface area contributed by atoms with E-state index in [1.165, 1.54) is 11.1 Å². The van der Waals surface area contributed by atoms with Crippen molar-refractivity contribution in [3.8, 4) is 0 Å². The Hall–Kier alpha value is -1.92. The lowest BCUT2D eigenvalue weighted by molar-refractivity contribution is -0.131. The third-order valence-electron chi connectivity index (χ3n) is 5.72. The van der Waals surface area contributed by atoms with Crippen LogP contribution < -0.4 is 16.0 Å². The highest BCUT2D eigenvalue weighted by atomic mass is 16.5. The standard InChI is InChI=1S/C21H31N3O3/c1-3-14(2)19(21(26)23-13-17-9-6-10-27-17)24-20(25)18-11-15-7-4-5-8-16(15)12-22-18/h4-5,7-8,14,17-19,22H,3,6,9-13H2,1-2H3,(H,23,26)(H,24,25)/t14-,17-,18+,19-/m0/s1. The minimum absolute atomic E-state index is 0.0642. The number of benzene rings is 1. The third-order valence-corrected chi connectivity index (χ3v) is 5.72. The van der Waals surface area contributed by atoms with Crippen LogP contribution in [0.25, 0.3) is 0 Å². The second kappa shape index (κ2) is 9.33. The van der Waals surface area contributed by atoms with Gasteiger partial charge in [0.25, 0.3) is 0 Å². The van der Waals surface area contributed by atoms with Crippen molar-refractivity contribution in [2.75, 3.05) is 13.2 Å². The number of hydrogen-bond donors (Lipinski definition) is 3. The second-order valence-corrected chi connectivity index (χ2v) is 7.66. The van der Waals surface area contributed by atoms with Crippen LogP contribution in [-0.4, -0.2) is 43.2 Å². The molecule has 148 valence electrons. The van der Waals surface area contributed by atoms with Crippen LogP contribution in [0.5, 0.6) is 0 Å². The summed E-state index contributed by atoms with van der Waals surface area (Å²) in [5, 5.41) is 9.24. The van der Waals surface area contributed by atoms with Gasteiger partial charge in [0, 0.05) is 19.7 Å². The minimum atomic E-state index is -0.525. The van der Waals surface area contributed by atoms with Gasteiger partial charge in [-0.3, -0.25) is 9.59 Å². The summed E-state index contributed by atoms with van der Waals surface area (Å²) in [6, 6.07) is 7.33. The Kier molecular flexibility index (Phi) is 6.85. The predicted molar refractivity (Wildman–Crippen MR) is 104 cm³/mol. The first-order valence-electron chi connectivity index (χ1n) is 10.1. The maximum Gasteiger partial charge on any atom is 0.242 e. The van der Waals surface area contributed by atoms with Gasteiger partial charge in [0.2, 0.25) is 11.8 Å². The van der Waals surface area contributed by atoms with E-state index in [9.17, 15) is 9.59 Å². The quantitative estimate of drug-likeness (QED) is 0.677. The highest BCUT2D eigenvalue weighted by Crippen LogP contribution is 2.17. The number of ether oxygens (including phenoxy) is 1. The molecule has 1 fully saturated rings. The van der Waals surface area contributed by atoms with Crippen LogP contribution >= 0.6 is 0 Å². The summed E-state index contributed by atoms with van der Waals surface area (Å²) >= 11 is 0. The van der Waals surface area contributed by atoms with Gasteiger partial charge >= 0.3 is 0 Å². The van der Waals surface area contributed by atoms with E-state index < -0.39 is 6.04 Å². The molecule has 0 aliphatic carbocycles. The molecule has 0 bridgehead atoms. The Morgan fingerprint density at radius 3 is 2.78 bits per heavy atom. The number of rotatable bonds is 7. The second-order valence-electron chi connectivity index (χ2n) is 7.66. The number of carbonyl (C=O) groups is 2. The smallest absolute Gasteiger partial charge is 0.242 e. The molecule has 0 radical (unpaired) electrons. The van der Waals surface area contributed by atoms with Crippen LogP contribution in [0.4, 0.5) is 0 Å². The molecule has 1 aromatic carbocycles. The van der Waals surface area contributed by atoms with Gasteiger partial charge in [0.15, 0.2) is 0 Å². The Morgan fingerprint density at radius 1 is 1.30 bits per heavy atom. The average molecular weight is 373 g/mol. The van der Waals surface area contributed by atoms with E-state index in [2.05, 4.69) is 28.1 Å². The zero-order valence-corrected chi connectivity index (χ0v) is 16.3. The summed E-state index contributed by atoms with van der Waals surface area (Å²) in [5.41, 5.74) is 2.42. The molecule has 3 N–H and O–H groups in total. The molecule has 0 saturated carbocycles. The summed E-state index contributed by atoms with van der Waals surface area (Å²) in [6.07, 6.45) is 3.58. The van der Waals surface area contributed by atoms with Gasteiger partial charge in [-0.25, -0.2) is 0 Å². The van der Waals surface area contributed by atoms with Crippen molar-refractivity contribution in [1.82, 2.24) is 16.0 Å². The molecule has 27 heavy (non-hydrogen) atoms. The van der Waals surface area contributed by atoms with Crippen molar-refractivity contribution in [3.63, 3.8) is 0 Å². The van der Waals surface area contributed by atoms with Gasteiger partial charge in [-0.2, -0.15) is 0 Å². The Bertz CT molecular complexity index is 658. The van der Waals surface area contributed by atoms with E-state index in [1.54, 1.807) is 0 Å². The van der Waals surface area contributed by atoms with E-state index in [-0.39, 0.29) is 29.9 Å². The Labute approximate surface area is 161 Å². The summed E-state index contributed by atoms with van der Waals surface area (Å²) in [5.74, 6) is -0.166. The monoisotopic (exact) mass is 373 g/mol. The Balaban J connectivity index is 1.58. The van der Waals surface area contributed by atoms with E-state index >= 15 is 0 Å². The summed E-state index contributed by atoms with van der Waals surface area (Å²) in [4.78, 5) is 25.5. The normalized spacial score (nSPS) is 23.9. The number of hydrogen-bond acceptors (Lipinski definition) is 4. The molecule has 0 spiro atoms. The van der Waals surface area contributed by atoms with Gasteiger partial charge in [-0.15, -0.1) is 0 Å². The van der Waals surface area contributed by atoms with Crippen LogP contribution in [0.15, 0.2) is 24.3 Å². The molecule has 4 atom stereocenters. The van der Waals surface area contributed by atoms with Crippen LogP contribution in [0.3, 0.4) is 0 Å². The molecule has 2 amide bonds.